The van der Waals surface area contributed by atoms with E-state index in [1.807, 2.05) is 0 Å². The highest BCUT2D eigenvalue weighted by Crippen LogP contribution is 2.28. The molecule has 1 rings (SSSR count). The van der Waals surface area contributed by atoms with Gasteiger partial charge in [0.2, 0.25) is 0 Å². The van der Waals surface area contributed by atoms with E-state index in [9.17, 15) is 18.0 Å². The zero-order chi connectivity index (χ0) is 11.5. The second kappa shape index (κ2) is 4.83. The molecular weight excluding hydrogens is 211 g/mol. The van der Waals surface area contributed by atoms with Gasteiger partial charge in [0.15, 0.2) is 0 Å². The van der Waals surface area contributed by atoms with Gasteiger partial charge in [0.05, 0.1) is 6.54 Å². The van der Waals surface area contributed by atoms with Crippen LogP contribution in [-0.4, -0.2) is 41.3 Å². The van der Waals surface area contributed by atoms with Crippen molar-refractivity contribution < 1.29 is 23.1 Å². The fourth-order valence-corrected chi connectivity index (χ4v) is 1.49. The number of hydrogen-bond acceptors (Lipinski definition) is 2. The van der Waals surface area contributed by atoms with Crippen LogP contribution in [0.2, 0.25) is 0 Å². The van der Waals surface area contributed by atoms with Gasteiger partial charge in [-0.05, 0) is 25.8 Å². The molecule has 1 N–H and O–H groups in total. The van der Waals surface area contributed by atoms with Gasteiger partial charge in [-0.3, -0.25) is 9.69 Å². The lowest BCUT2D eigenvalue weighted by Gasteiger charge is -2.19. The van der Waals surface area contributed by atoms with E-state index in [2.05, 4.69) is 0 Å². The van der Waals surface area contributed by atoms with Crippen molar-refractivity contribution in [3.8, 4) is 0 Å². The SMILES string of the molecule is O=C(O)CN(CCCC(F)(F)F)C1CC1. The van der Waals surface area contributed by atoms with E-state index >= 15 is 0 Å². The van der Waals surface area contributed by atoms with Crippen LogP contribution in [0.15, 0.2) is 0 Å². The third-order valence-electron chi connectivity index (χ3n) is 2.31. The molecule has 0 aliphatic heterocycles. The lowest BCUT2D eigenvalue weighted by atomic mass is 10.3. The Morgan fingerprint density at radius 3 is 2.40 bits per heavy atom. The first kappa shape index (κ1) is 12.3. The van der Waals surface area contributed by atoms with E-state index in [-0.39, 0.29) is 25.6 Å². The van der Waals surface area contributed by atoms with Crippen molar-refractivity contribution in [1.82, 2.24) is 4.90 Å². The number of aliphatic carboxylic acids is 1. The molecule has 6 heteroatoms. The van der Waals surface area contributed by atoms with Crippen LogP contribution in [0.25, 0.3) is 0 Å². The molecule has 1 aliphatic rings. The Balaban J connectivity index is 2.23. The number of carboxylic acids is 1. The van der Waals surface area contributed by atoms with Gasteiger partial charge in [-0.25, -0.2) is 0 Å². The number of carbonyl (C=O) groups is 1. The van der Waals surface area contributed by atoms with Gasteiger partial charge in [0.1, 0.15) is 0 Å². The minimum atomic E-state index is -4.14. The van der Waals surface area contributed by atoms with Crippen molar-refractivity contribution >= 4 is 5.97 Å². The Labute approximate surface area is 85.9 Å². The highest BCUT2D eigenvalue weighted by atomic mass is 19.4. The molecule has 15 heavy (non-hydrogen) atoms. The first-order valence-corrected chi connectivity index (χ1v) is 4.91. The van der Waals surface area contributed by atoms with Crippen LogP contribution in [0.3, 0.4) is 0 Å². The molecule has 0 unspecified atom stereocenters. The maximum atomic E-state index is 11.9. The number of rotatable bonds is 6. The van der Waals surface area contributed by atoms with E-state index in [1.165, 1.54) is 0 Å². The van der Waals surface area contributed by atoms with Gasteiger partial charge in [-0.2, -0.15) is 13.2 Å². The van der Waals surface area contributed by atoms with Crippen LogP contribution in [0.5, 0.6) is 0 Å². The molecule has 0 atom stereocenters. The van der Waals surface area contributed by atoms with E-state index in [0.29, 0.717) is 0 Å². The summed E-state index contributed by atoms with van der Waals surface area (Å²) in [6.07, 6.45) is -3.19. The van der Waals surface area contributed by atoms with Crippen LogP contribution in [0.4, 0.5) is 13.2 Å². The lowest BCUT2D eigenvalue weighted by molar-refractivity contribution is -0.139. The number of alkyl halides is 3. The second-order valence-electron chi connectivity index (χ2n) is 3.81. The fourth-order valence-electron chi connectivity index (χ4n) is 1.49. The standard InChI is InChI=1S/C9H14F3NO2/c10-9(11,12)4-1-5-13(6-8(14)15)7-2-3-7/h7H,1-6H2,(H,14,15). The van der Waals surface area contributed by atoms with E-state index < -0.39 is 18.6 Å². The van der Waals surface area contributed by atoms with Crippen LogP contribution in [-0.2, 0) is 4.79 Å². The summed E-state index contributed by atoms with van der Waals surface area (Å²) in [6, 6.07) is 0.189. The molecule has 1 saturated carbocycles. The highest BCUT2D eigenvalue weighted by Gasteiger charge is 2.32. The summed E-state index contributed by atoms with van der Waals surface area (Å²) in [5.74, 6) is -0.978. The molecule has 0 amide bonds. The summed E-state index contributed by atoms with van der Waals surface area (Å²) in [5.41, 5.74) is 0. The maximum absolute atomic E-state index is 11.9. The van der Waals surface area contributed by atoms with E-state index in [1.54, 1.807) is 4.90 Å². The van der Waals surface area contributed by atoms with Crippen molar-refractivity contribution in [1.29, 1.82) is 0 Å². The summed E-state index contributed by atoms with van der Waals surface area (Å²) in [4.78, 5) is 12.1. The lowest BCUT2D eigenvalue weighted by Crippen LogP contribution is -2.33. The minimum Gasteiger partial charge on any atom is -0.480 e. The molecule has 0 aromatic carbocycles. The highest BCUT2D eigenvalue weighted by molar-refractivity contribution is 5.69. The zero-order valence-corrected chi connectivity index (χ0v) is 8.26. The molecule has 0 saturated heterocycles. The van der Waals surface area contributed by atoms with Crippen LogP contribution >= 0.6 is 0 Å². The molecule has 0 aromatic heterocycles. The normalized spacial score (nSPS) is 17.1. The quantitative estimate of drug-likeness (QED) is 0.750. The zero-order valence-electron chi connectivity index (χ0n) is 8.26. The maximum Gasteiger partial charge on any atom is 0.389 e. The van der Waals surface area contributed by atoms with Gasteiger partial charge < -0.3 is 5.11 Å². The molecule has 0 aromatic rings. The van der Waals surface area contributed by atoms with Crippen molar-refractivity contribution in [3.63, 3.8) is 0 Å². The summed E-state index contributed by atoms with van der Waals surface area (Å²) >= 11 is 0. The summed E-state index contributed by atoms with van der Waals surface area (Å²) in [7, 11) is 0. The molecule has 1 fully saturated rings. The van der Waals surface area contributed by atoms with Gasteiger partial charge >= 0.3 is 12.1 Å². The fraction of sp³-hybridized carbons (Fsp3) is 0.889. The third-order valence-corrected chi connectivity index (χ3v) is 2.31. The topological polar surface area (TPSA) is 40.5 Å². The summed E-state index contributed by atoms with van der Waals surface area (Å²) in [6.45, 7) is 0.0685. The molecule has 0 radical (unpaired) electrons. The molecule has 0 heterocycles. The van der Waals surface area contributed by atoms with E-state index in [4.69, 9.17) is 5.11 Å². The Hall–Kier alpha value is -0.780. The largest absolute Gasteiger partial charge is 0.480 e. The van der Waals surface area contributed by atoms with Crippen molar-refractivity contribution in [2.45, 2.75) is 37.9 Å². The van der Waals surface area contributed by atoms with Crippen molar-refractivity contribution in [3.05, 3.63) is 0 Å². The Kier molecular flexibility index (Phi) is 3.96. The first-order valence-electron chi connectivity index (χ1n) is 4.91. The Morgan fingerprint density at radius 2 is 2.00 bits per heavy atom. The average molecular weight is 225 g/mol. The van der Waals surface area contributed by atoms with Gasteiger partial charge in [-0.1, -0.05) is 0 Å². The molecule has 3 nitrogen and oxygen atoms in total. The predicted octanol–water partition coefficient (Wildman–Crippen LogP) is 1.88. The molecular formula is C9H14F3NO2. The number of carboxylic acid groups (broad SMARTS) is 1. The molecule has 0 bridgehead atoms. The van der Waals surface area contributed by atoms with Gasteiger partial charge in [0.25, 0.3) is 0 Å². The van der Waals surface area contributed by atoms with Crippen molar-refractivity contribution in [2.75, 3.05) is 13.1 Å². The number of halogens is 3. The first-order chi connectivity index (χ1) is 6.88. The Bertz CT molecular complexity index is 226. The second-order valence-corrected chi connectivity index (χ2v) is 3.81. The third kappa shape index (κ3) is 5.61. The summed E-state index contributed by atoms with van der Waals surface area (Å²) in [5, 5.41) is 8.56. The average Bonchev–Trinajstić information content (AvgIpc) is 2.81. The van der Waals surface area contributed by atoms with E-state index in [0.717, 1.165) is 12.8 Å². The minimum absolute atomic E-state index is 0.0206. The smallest absolute Gasteiger partial charge is 0.389 e. The molecule has 1 aliphatic carbocycles. The van der Waals surface area contributed by atoms with Crippen LogP contribution < -0.4 is 0 Å². The monoisotopic (exact) mass is 225 g/mol. The number of hydrogen-bond donors (Lipinski definition) is 1. The predicted molar refractivity (Wildman–Crippen MR) is 47.5 cm³/mol. The van der Waals surface area contributed by atoms with Crippen LogP contribution in [0, 0.1) is 0 Å². The summed E-state index contributed by atoms with van der Waals surface area (Å²) < 4.78 is 35.6. The molecule has 0 spiro atoms. The number of nitrogens with zero attached hydrogens (tertiary/aromatic N) is 1. The molecule has 88 valence electrons. The van der Waals surface area contributed by atoms with Crippen LogP contribution in [0.1, 0.15) is 25.7 Å². The Morgan fingerprint density at radius 1 is 1.40 bits per heavy atom. The van der Waals surface area contributed by atoms with Gasteiger partial charge in [-0.15, -0.1) is 0 Å². The van der Waals surface area contributed by atoms with Gasteiger partial charge in [0, 0.05) is 12.5 Å². The van der Waals surface area contributed by atoms with Crippen molar-refractivity contribution in [2.24, 2.45) is 0 Å².